The summed E-state index contributed by atoms with van der Waals surface area (Å²) in [6, 6.07) is 6.42. The highest BCUT2D eigenvalue weighted by atomic mass is 16.5. The summed E-state index contributed by atoms with van der Waals surface area (Å²) < 4.78 is 9.78. The van der Waals surface area contributed by atoms with Gasteiger partial charge in [0, 0.05) is 5.69 Å². The molecule has 5 heteroatoms. The topological polar surface area (TPSA) is 64.6 Å². The van der Waals surface area contributed by atoms with Gasteiger partial charge in [-0.15, -0.1) is 0 Å². The maximum atomic E-state index is 11.6. The van der Waals surface area contributed by atoms with Crippen molar-refractivity contribution in [2.75, 3.05) is 11.9 Å². The molecule has 0 bridgehead atoms. The minimum absolute atomic E-state index is 0.158. The number of carbonyl (C=O) groups excluding carboxylic acids is 2. The molecule has 0 fully saturated rings. The molecule has 1 amide bonds. The summed E-state index contributed by atoms with van der Waals surface area (Å²) in [5.41, 5.74) is 1.01. The van der Waals surface area contributed by atoms with E-state index in [9.17, 15) is 9.59 Å². The molecule has 0 radical (unpaired) electrons. The van der Waals surface area contributed by atoms with Crippen molar-refractivity contribution in [1.29, 1.82) is 0 Å². The highest BCUT2D eigenvalue weighted by Gasteiger charge is 2.09. The number of rotatable bonds is 4. The number of hydrogen-bond acceptors (Lipinski definition) is 4. The number of hydrogen-bond donors (Lipinski definition) is 1. The Morgan fingerprint density at radius 2 is 1.83 bits per heavy atom. The van der Waals surface area contributed by atoms with E-state index in [2.05, 4.69) is 5.32 Å². The summed E-state index contributed by atoms with van der Waals surface area (Å²) >= 11 is 0. The molecule has 1 aromatic rings. The van der Waals surface area contributed by atoms with Gasteiger partial charge in [-0.25, -0.2) is 9.59 Å². The summed E-state index contributed by atoms with van der Waals surface area (Å²) in [6.45, 7) is 5.61. The molecule has 5 nitrogen and oxygen atoms in total. The van der Waals surface area contributed by atoms with Gasteiger partial charge in [0.15, 0.2) is 0 Å². The highest BCUT2D eigenvalue weighted by Crippen LogP contribution is 2.11. The molecule has 0 aliphatic heterocycles. The van der Waals surface area contributed by atoms with Crippen LogP contribution in [0, 0.1) is 0 Å². The van der Waals surface area contributed by atoms with E-state index in [0.717, 1.165) is 0 Å². The van der Waals surface area contributed by atoms with Crippen LogP contribution >= 0.6 is 0 Å². The zero-order chi connectivity index (χ0) is 13.5. The van der Waals surface area contributed by atoms with E-state index in [1.165, 1.54) is 0 Å². The number of amides is 1. The Morgan fingerprint density at radius 3 is 2.33 bits per heavy atom. The molecule has 1 rings (SSSR count). The third-order valence-corrected chi connectivity index (χ3v) is 1.99. The summed E-state index contributed by atoms with van der Waals surface area (Å²) in [7, 11) is 0. The number of carbonyl (C=O) groups is 2. The maximum absolute atomic E-state index is 11.6. The van der Waals surface area contributed by atoms with E-state index in [4.69, 9.17) is 9.47 Å². The minimum Gasteiger partial charge on any atom is -0.459 e. The smallest absolute Gasteiger partial charge is 0.411 e. The van der Waals surface area contributed by atoms with E-state index in [0.29, 0.717) is 17.9 Å². The largest absolute Gasteiger partial charge is 0.459 e. The van der Waals surface area contributed by atoms with Gasteiger partial charge in [-0.05, 0) is 45.0 Å². The lowest BCUT2D eigenvalue weighted by molar-refractivity contribution is 0.0378. The first kappa shape index (κ1) is 14.0. The van der Waals surface area contributed by atoms with Crippen LogP contribution in [0.3, 0.4) is 0 Å². The number of benzene rings is 1. The maximum Gasteiger partial charge on any atom is 0.411 e. The average Bonchev–Trinajstić information content (AvgIpc) is 2.29. The summed E-state index contributed by atoms with van der Waals surface area (Å²) in [5, 5.41) is 2.54. The SMILES string of the molecule is CCOC(=O)Nc1ccc(C(=O)OC(C)C)cc1. The Kier molecular flexibility index (Phi) is 5.17. The van der Waals surface area contributed by atoms with Crippen molar-refractivity contribution >= 4 is 17.7 Å². The van der Waals surface area contributed by atoms with E-state index in [-0.39, 0.29) is 12.1 Å². The molecule has 98 valence electrons. The van der Waals surface area contributed by atoms with Gasteiger partial charge in [0.25, 0.3) is 0 Å². The molecule has 1 aromatic carbocycles. The first-order valence-corrected chi connectivity index (χ1v) is 5.77. The molecule has 0 aliphatic carbocycles. The lowest BCUT2D eigenvalue weighted by atomic mass is 10.2. The first-order chi connectivity index (χ1) is 8.52. The molecular formula is C13H17NO4. The van der Waals surface area contributed by atoms with Crippen LogP contribution in [-0.2, 0) is 9.47 Å². The Morgan fingerprint density at radius 1 is 1.22 bits per heavy atom. The van der Waals surface area contributed by atoms with Crippen molar-refractivity contribution in [2.45, 2.75) is 26.9 Å². The number of esters is 1. The molecule has 0 unspecified atom stereocenters. The summed E-state index contributed by atoms with van der Waals surface area (Å²) in [5.74, 6) is -0.382. The van der Waals surface area contributed by atoms with Crippen molar-refractivity contribution in [3.8, 4) is 0 Å². The van der Waals surface area contributed by atoms with Crippen LogP contribution in [0.5, 0.6) is 0 Å². The zero-order valence-electron chi connectivity index (χ0n) is 10.7. The fraction of sp³-hybridized carbons (Fsp3) is 0.385. The fourth-order valence-electron chi connectivity index (χ4n) is 1.26. The van der Waals surface area contributed by atoms with Crippen molar-refractivity contribution < 1.29 is 19.1 Å². The molecular weight excluding hydrogens is 234 g/mol. The molecule has 18 heavy (non-hydrogen) atoms. The molecule has 0 spiro atoms. The van der Waals surface area contributed by atoms with Crippen LogP contribution in [0.15, 0.2) is 24.3 Å². The van der Waals surface area contributed by atoms with E-state index in [1.807, 2.05) is 0 Å². The van der Waals surface area contributed by atoms with Gasteiger partial charge in [-0.3, -0.25) is 5.32 Å². The van der Waals surface area contributed by atoms with Crippen LogP contribution in [-0.4, -0.2) is 24.8 Å². The van der Waals surface area contributed by atoms with Crippen LogP contribution in [0.25, 0.3) is 0 Å². The molecule has 0 saturated carbocycles. The second-order valence-corrected chi connectivity index (χ2v) is 3.88. The Bertz CT molecular complexity index is 412. The second kappa shape index (κ2) is 6.64. The van der Waals surface area contributed by atoms with Gasteiger partial charge in [0.05, 0.1) is 18.3 Å². The minimum atomic E-state index is -0.519. The Hall–Kier alpha value is -2.04. The average molecular weight is 251 g/mol. The van der Waals surface area contributed by atoms with Crippen molar-refractivity contribution in [3.63, 3.8) is 0 Å². The third kappa shape index (κ3) is 4.45. The van der Waals surface area contributed by atoms with E-state index < -0.39 is 6.09 Å². The standard InChI is InChI=1S/C13H17NO4/c1-4-17-13(16)14-11-7-5-10(6-8-11)12(15)18-9(2)3/h5-9H,4H2,1-3H3,(H,14,16). The molecule has 1 N–H and O–H groups in total. The van der Waals surface area contributed by atoms with Gasteiger partial charge < -0.3 is 9.47 Å². The van der Waals surface area contributed by atoms with Crippen LogP contribution in [0.1, 0.15) is 31.1 Å². The van der Waals surface area contributed by atoms with Crippen LogP contribution in [0.4, 0.5) is 10.5 Å². The van der Waals surface area contributed by atoms with E-state index >= 15 is 0 Å². The van der Waals surface area contributed by atoms with Crippen molar-refractivity contribution in [1.82, 2.24) is 0 Å². The number of nitrogens with one attached hydrogen (secondary N) is 1. The molecule has 0 heterocycles. The number of anilines is 1. The normalized spacial score (nSPS) is 10.0. The van der Waals surface area contributed by atoms with Gasteiger partial charge in [-0.1, -0.05) is 0 Å². The fourth-order valence-corrected chi connectivity index (χ4v) is 1.26. The van der Waals surface area contributed by atoms with Gasteiger partial charge in [0.2, 0.25) is 0 Å². The third-order valence-electron chi connectivity index (χ3n) is 1.99. The van der Waals surface area contributed by atoms with Crippen LogP contribution in [0.2, 0.25) is 0 Å². The Labute approximate surface area is 106 Å². The predicted molar refractivity (Wildman–Crippen MR) is 67.6 cm³/mol. The van der Waals surface area contributed by atoms with Crippen molar-refractivity contribution in [3.05, 3.63) is 29.8 Å². The lowest BCUT2D eigenvalue weighted by Gasteiger charge is -2.08. The Balaban J connectivity index is 2.62. The lowest BCUT2D eigenvalue weighted by Crippen LogP contribution is -2.14. The predicted octanol–water partition coefficient (Wildman–Crippen LogP) is 2.82. The zero-order valence-corrected chi connectivity index (χ0v) is 10.7. The van der Waals surface area contributed by atoms with Gasteiger partial charge >= 0.3 is 12.1 Å². The molecule has 0 atom stereocenters. The first-order valence-electron chi connectivity index (χ1n) is 5.77. The summed E-state index contributed by atoms with van der Waals surface area (Å²) in [4.78, 5) is 22.7. The highest BCUT2D eigenvalue weighted by molar-refractivity contribution is 5.91. The van der Waals surface area contributed by atoms with Crippen molar-refractivity contribution in [2.24, 2.45) is 0 Å². The van der Waals surface area contributed by atoms with Gasteiger partial charge in [0.1, 0.15) is 0 Å². The van der Waals surface area contributed by atoms with Gasteiger partial charge in [-0.2, -0.15) is 0 Å². The monoisotopic (exact) mass is 251 g/mol. The molecule has 0 saturated heterocycles. The second-order valence-electron chi connectivity index (χ2n) is 3.88. The molecule has 0 aromatic heterocycles. The number of ether oxygens (including phenoxy) is 2. The van der Waals surface area contributed by atoms with Crippen LogP contribution < -0.4 is 5.32 Å². The van der Waals surface area contributed by atoms with E-state index in [1.54, 1.807) is 45.0 Å². The molecule has 0 aliphatic rings. The summed E-state index contributed by atoms with van der Waals surface area (Å²) in [6.07, 6.45) is -0.676. The quantitative estimate of drug-likeness (QED) is 0.836.